The largest absolute Gasteiger partial charge is 0.310 e. The minimum atomic E-state index is -0.835. The molecule has 0 fully saturated rings. The number of hydrogen-bond donors (Lipinski definition) is 0. The highest BCUT2D eigenvalue weighted by Gasteiger charge is 2.47. The SMILES string of the molecule is [2H]c1c([2H])c([2H])c2c(c1[2H])c1c([2H])c([2H])c([2H])c([2H])c1n2-c1ccc2c(c1)N(c1c(-c3ccccc3)cc(C(C)(C)C)cc1-c1ccccc1)c1cc(-n3c4c([2H])c([2H])c([2H])c([2H])c4c4c([2H])c([2H])c([2H])c([2H])c43)cc3c1B2c1ccc(-c2cc(C(C)(C)C)cc(C(C)(C)C)c2)cc1N3c1c(-c2ccccc2)cc(C(C)(C)C)cc1-c1cc(C(C)(C)C)cc(C(C)(C)C)n1. The summed E-state index contributed by atoms with van der Waals surface area (Å²) in [6.07, 6.45) is 0. The van der Waals surface area contributed by atoms with E-state index < -0.39 is 125 Å². The monoisotopic (exact) mass is 1480 g/mol. The van der Waals surface area contributed by atoms with E-state index in [0.717, 1.165) is 100.0 Å². The van der Waals surface area contributed by atoms with Crippen molar-refractivity contribution in [2.75, 3.05) is 9.80 Å². The Hall–Kier alpha value is -11.7. The Labute approximate surface area is 691 Å². The zero-order valence-electron chi connectivity index (χ0n) is 83.8. The molecule has 0 N–H and O–H groups in total. The number of anilines is 6. The molecule has 0 bridgehead atoms. The van der Waals surface area contributed by atoms with Crippen LogP contribution < -0.4 is 26.2 Å². The number of para-hydroxylation sites is 4. The van der Waals surface area contributed by atoms with Gasteiger partial charge in [0, 0.05) is 83.3 Å². The van der Waals surface area contributed by atoms with Crippen LogP contribution in [-0.4, -0.2) is 20.8 Å². The standard InChI is InChI=1S/C107H102BN5/c1-102(2,3)72-54-71(55-73(57-72)103(4,5)6)70-50-52-87-94(56-70)112(101-85(69-40-26-21-27-41-69)60-75(105(10,11)12)61-86(101)89-62-76(106(13,14)15)63-98(109-89)107(16,17)18)96-65-78(111-92-48-34-30-44-81(92)82-45-31-35-49-93(82)111)66-97-99(96)108(87)88-53-51-77(110-90-46-32-28-42-79(90)80-43-29-33-47-91(80)110)64-95(88)113(97)100-83(67-36-22-19-23-37-67)58-74(104(7,8)9)59-84(100)68-38-24-20-25-39-68/h19-66H,1-18H3/i28D,29D,30D,31D,32D,33D,34D,35D,42D,43D,44D,45D,46D,47D,48D,49D. The maximum atomic E-state index is 10.4. The van der Waals surface area contributed by atoms with E-state index >= 15 is 0 Å². The lowest BCUT2D eigenvalue weighted by Crippen LogP contribution is -2.61. The van der Waals surface area contributed by atoms with E-state index in [9.17, 15) is 21.9 Å². The molecule has 0 saturated carbocycles. The van der Waals surface area contributed by atoms with Crippen LogP contribution in [0, 0.1) is 0 Å². The Kier molecular flexibility index (Phi) is 13.2. The van der Waals surface area contributed by atoms with Crippen molar-refractivity contribution in [3.8, 4) is 67.1 Å². The molecule has 2 aliphatic rings. The Morgan fingerprint density at radius 3 is 1.04 bits per heavy atom. The third-order valence-electron chi connectivity index (χ3n) is 23.0. The molecule has 3 aromatic heterocycles. The van der Waals surface area contributed by atoms with E-state index in [-0.39, 0.29) is 65.8 Å². The third kappa shape index (κ3) is 12.5. The van der Waals surface area contributed by atoms with Gasteiger partial charge in [0.25, 0.3) is 6.71 Å². The second-order valence-electron chi connectivity index (χ2n) is 36.9. The van der Waals surface area contributed by atoms with Crippen molar-refractivity contribution in [1.29, 1.82) is 0 Å². The van der Waals surface area contributed by atoms with Gasteiger partial charge in [0.2, 0.25) is 0 Å². The fourth-order valence-electron chi connectivity index (χ4n) is 16.7. The van der Waals surface area contributed by atoms with Gasteiger partial charge in [-0.2, -0.15) is 0 Å². The zero-order chi connectivity index (χ0) is 92.7. The lowest BCUT2D eigenvalue weighted by atomic mass is 9.33. The summed E-state index contributed by atoms with van der Waals surface area (Å²) in [6.45, 7) is 38.9. The summed E-state index contributed by atoms with van der Waals surface area (Å²) in [5.41, 5.74) is 17.7. The summed E-state index contributed by atoms with van der Waals surface area (Å²) in [4.78, 5) is 10.5. The van der Waals surface area contributed by atoms with Crippen LogP contribution >= 0.6 is 0 Å². The van der Waals surface area contributed by atoms with E-state index in [1.165, 1.54) is 0 Å². The van der Waals surface area contributed by atoms with Crippen molar-refractivity contribution < 1.29 is 21.9 Å². The highest BCUT2D eigenvalue weighted by molar-refractivity contribution is 7.00. The molecule has 16 aromatic rings. The summed E-state index contributed by atoms with van der Waals surface area (Å²) in [6, 6.07) is 58.9. The van der Waals surface area contributed by atoms with Crippen LogP contribution in [0.25, 0.3) is 111 Å². The Morgan fingerprint density at radius 1 is 0.283 bits per heavy atom. The number of rotatable bonds is 9. The van der Waals surface area contributed by atoms with E-state index in [1.54, 1.807) is 9.13 Å². The Balaban J connectivity index is 1.14. The molecule has 113 heavy (non-hydrogen) atoms. The topological polar surface area (TPSA) is 29.2 Å². The molecule has 5 nitrogen and oxygen atoms in total. The molecule has 558 valence electrons. The summed E-state index contributed by atoms with van der Waals surface area (Å²) < 4.78 is 159. The molecule has 18 rings (SSSR count). The molecule has 5 heterocycles. The third-order valence-corrected chi connectivity index (χ3v) is 23.0. The lowest BCUT2D eigenvalue weighted by Gasteiger charge is -2.46. The second-order valence-corrected chi connectivity index (χ2v) is 36.9. The molecule has 6 heteroatoms. The summed E-state index contributed by atoms with van der Waals surface area (Å²) in [7, 11) is 0. The van der Waals surface area contributed by atoms with Crippen LogP contribution in [0.3, 0.4) is 0 Å². The lowest BCUT2D eigenvalue weighted by molar-refractivity contribution is 0.553. The van der Waals surface area contributed by atoms with E-state index in [2.05, 4.69) is 244 Å². The van der Waals surface area contributed by atoms with Crippen molar-refractivity contribution in [1.82, 2.24) is 14.1 Å². The first kappa shape index (κ1) is 56.5. The van der Waals surface area contributed by atoms with Crippen LogP contribution in [0.2, 0.25) is 0 Å². The molecule has 0 atom stereocenters. The summed E-state index contributed by atoms with van der Waals surface area (Å²) >= 11 is 0. The Bertz CT molecular complexity index is 7220. The van der Waals surface area contributed by atoms with E-state index in [1.807, 2.05) is 84.9 Å². The minimum absolute atomic E-state index is 0.0868. The predicted octanol–water partition coefficient (Wildman–Crippen LogP) is 27.5. The molecule has 0 radical (unpaired) electrons. The fourth-order valence-corrected chi connectivity index (χ4v) is 16.7. The normalized spacial score (nSPS) is 15.3. The van der Waals surface area contributed by atoms with Crippen LogP contribution in [0.1, 0.15) is 180 Å². The molecule has 0 unspecified atom stereocenters. The first-order valence-corrected chi connectivity index (χ1v) is 39.3. The van der Waals surface area contributed by atoms with Crippen molar-refractivity contribution in [2.24, 2.45) is 0 Å². The van der Waals surface area contributed by atoms with Gasteiger partial charge in [-0.15, -0.1) is 0 Å². The molecule has 2 aliphatic heterocycles. The van der Waals surface area contributed by atoms with E-state index in [0.29, 0.717) is 39.8 Å². The number of benzene rings is 13. The average Bonchev–Trinajstić information content (AvgIpc) is 1.63. The fraction of sp³-hybridized carbons (Fsp3) is 0.224. The van der Waals surface area contributed by atoms with Gasteiger partial charge < -0.3 is 18.9 Å². The van der Waals surface area contributed by atoms with Crippen molar-refractivity contribution >= 4 is 101 Å². The van der Waals surface area contributed by atoms with Gasteiger partial charge >= 0.3 is 0 Å². The molecule has 0 saturated heterocycles. The molecule has 0 aliphatic carbocycles. The van der Waals surface area contributed by atoms with Crippen molar-refractivity contribution in [3.05, 3.63) is 324 Å². The van der Waals surface area contributed by atoms with Gasteiger partial charge in [0.15, 0.2) is 0 Å². The number of hydrogen-bond acceptors (Lipinski definition) is 3. The van der Waals surface area contributed by atoms with Crippen LogP contribution in [-0.2, 0) is 32.5 Å². The number of pyridine rings is 1. The van der Waals surface area contributed by atoms with Gasteiger partial charge in [-0.3, -0.25) is 4.98 Å². The quantitative estimate of drug-likeness (QED) is 0.135. The first-order valence-electron chi connectivity index (χ1n) is 47.3. The van der Waals surface area contributed by atoms with Crippen LogP contribution in [0.5, 0.6) is 0 Å². The maximum absolute atomic E-state index is 10.4. The van der Waals surface area contributed by atoms with Gasteiger partial charge in [-0.25, -0.2) is 0 Å². The predicted molar refractivity (Wildman–Crippen MR) is 486 cm³/mol. The smallest absolute Gasteiger partial charge is 0.252 e. The molecule has 0 amide bonds. The molecular weight excluding hydrogens is 1370 g/mol. The number of aromatic nitrogens is 3. The zero-order valence-corrected chi connectivity index (χ0v) is 67.8. The van der Waals surface area contributed by atoms with Crippen LogP contribution in [0.4, 0.5) is 34.1 Å². The van der Waals surface area contributed by atoms with Crippen molar-refractivity contribution in [2.45, 2.75) is 157 Å². The highest BCUT2D eigenvalue weighted by atomic mass is 15.2. The van der Waals surface area contributed by atoms with Gasteiger partial charge in [0.1, 0.15) is 0 Å². The van der Waals surface area contributed by atoms with Gasteiger partial charge in [-0.05, 0) is 190 Å². The highest BCUT2D eigenvalue weighted by Crippen LogP contribution is 2.56. The van der Waals surface area contributed by atoms with Crippen molar-refractivity contribution in [3.63, 3.8) is 0 Å². The Morgan fingerprint density at radius 2 is 0.628 bits per heavy atom. The minimum Gasteiger partial charge on any atom is -0.310 e. The van der Waals surface area contributed by atoms with Gasteiger partial charge in [-0.1, -0.05) is 325 Å². The first-order chi connectivity index (χ1) is 60.5. The maximum Gasteiger partial charge on any atom is 0.252 e. The summed E-state index contributed by atoms with van der Waals surface area (Å²) in [5.74, 6) is 0. The van der Waals surface area contributed by atoms with E-state index in [4.69, 9.17) is 4.98 Å². The second kappa shape index (κ2) is 26.5. The average molecular weight is 1480 g/mol. The molecule has 13 aromatic carbocycles. The molecular formula is C107H102BN5. The molecule has 0 spiro atoms. The van der Waals surface area contributed by atoms with Gasteiger partial charge in [0.05, 0.1) is 66.8 Å². The number of nitrogens with zero attached hydrogens (tertiary/aromatic N) is 5. The van der Waals surface area contributed by atoms with Crippen LogP contribution in [0.15, 0.2) is 291 Å². The number of fused-ring (bicyclic) bond motifs is 10. The summed E-state index contributed by atoms with van der Waals surface area (Å²) in [5, 5.41) is -0.452.